The molecular formula is C27H36N2O3. The summed E-state index contributed by atoms with van der Waals surface area (Å²) >= 11 is 0. The van der Waals surface area contributed by atoms with Crippen LogP contribution >= 0.6 is 0 Å². The predicted octanol–water partition coefficient (Wildman–Crippen LogP) is 3.58. The monoisotopic (exact) mass is 436 g/mol. The molecule has 1 N–H and O–H groups in total. The van der Waals surface area contributed by atoms with Gasteiger partial charge in [-0.05, 0) is 68.2 Å². The van der Waals surface area contributed by atoms with Gasteiger partial charge in [0.1, 0.15) is 0 Å². The number of hydrogen-bond acceptors (Lipinski definition) is 5. The van der Waals surface area contributed by atoms with Gasteiger partial charge in [0.05, 0.1) is 20.8 Å². The van der Waals surface area contributed by atoms with E-state index in [2.05, 4.69) is 65.1 Å². The molecule has 0 bridgehead atoms. The lowest BCUT2D eigenvalue weighted by atomic mass is 10.0. The standard InChI is InChI=1S/C27H36N2O3/c1-28(17-15-23-13-14-26(31-2)27(19-23)32-3)25-8-6-16-29(21-25)20-24-11-9-22(10-12-24)7-4-5-18-30/h9-14,19,25,30H,5-6,8,15-18,20-21H2,1-3H3/t25-/m1/s1. The fraction of sp³-hybridized carbons (Fsp3) is 0.481. The number of benzene rings is 2. The average Bonchev–Trinajstić information content (AvgIpc) is 2.83. The highest BCUT2D eigenvalue weighted by Crippen LogP contribution is 2.28. The first kappa shape index (κ1) is 24.1. The van der Waals surface area contributed by atoms with Gasteiger partial charge >= 0.3 is 0 Å². The molecular weight excluding hydrogens is 400 g/mol. The lowest BCUT2D eigenvalue weighted by Gasteiger charge is -2.37. The molecule has 0 unspecified atom stereocenters. The summed E-state index contributed by atoms with van der Waals surface area (Å²) in [7, 11) is 5.60. The van der Waals surface area contributed by atoms with Crippen molar-refractivity contribution in [3.63, 3.8) is 0 Å². The molecule has 1 aliphatic rings. The van der Waals surface area contributed by atoms with E-state index in [4.69, 9.17) is 14.6 Å². The first-order valence-corrected chi connectivity index (χ1v) is 11.4. The average molecular weight is 437 g/mol. The van der Waals surface area contributed by atoms with Gasteiger partial charge in [0, 0.05) is 37.7 Å². The number of likely N-dealkylation sites (tertiary alicyclic amines) is 1. The molecule has 5 nitrogen and oxygen atoms in total. The van der Waals surface area contributed by atoms with Crippen LogP contribution in [-0.4, -0.2) is 68.5 Å². The van der Waals surface area contributed by atoms with E-state index >= 15 is 0 Å². The minimum Gasteiger partial charge on any atom is -0.493 e. The van der Waals surface area contributed by atoms with Gasteiger partial charge in [0.2, 0.25) is 0 Å². The van der Waals surface area contributed by atoms with E-state index in [1.165, 1.54) is 24.0 Å². The molecule has 0 aliphatic carbocycles. The van der Waals surface area contributed by atoms with Crippen LogP contribution < -0.4 is 9.47 Å². The summed E-state index contributed by atoms with van der Waals surface area (Å²) < 4.78 is 10.8. The van der Waals surface area contributed by atoms with Crippen molar-refractivity contribution in [3.05, 3.63) is 59.2 Å². The fourth-order valence-corrected chi connectivity index (χ4v) is 4.23. The first-order valence-electron chi connectivity index (χ1n) is 11.4. The van der Waals surface area contributed by atoms with Crippen molar-refractivity contribution in [2.24, 2.45) is 0 Å². The largest absolute Gasteiger partial charge is 0.493 e. The molecule has 32 heavy (non-hydrogen) atoms. The van der Waals surface area contributed by atoms with Gasteiger partial charge < -0.3 is 19.5 Å². The molecule has 0 saturated carbocycles. The van der Waals surface area contributed by atoms with Crippen LogP contribution in [-0.2, 0) is 13.0 Å². The molecule has 172 valence electrons. The number of nitrogens with zero attached hydrogens (tertiary/aromatic N) is 2. The fourth-order valence-electron chi connectivity index (χ4n) is 4.23. The molecule has 1 fully saturated rings. The summed E-state index contributed by atoms with van der Waals surface area (Å²) in [6.45, 7) is 4.36. The highest BCUT2D eigenvalue weighted by Gasteiger charge is 2.23. The summed E-state index contributed by atoms with van der Waals surface area (Å²) in [4.78, 5) is 5.07. The maximum atomic E-state index is 8.84. The van der Waals surface area contributed by atoms with Gasteiger partial charge in [0.25, 0.3) is 0 Å². The predicted molar refractivity (Wildman–Crippen MR) is 129 cm³/mol. The molecule has 0 aromatic heterocycles. The number of rotatable bonds is 9. The molecule has 2 aromatic carbocycles. The van der Waals surface area contributed by atoms with Gasteiger partial charge in [0.15, 0.2) is 11.5 Å². The lowest BCUT2D eigenvalue weighted by molar-refractivity contribution is 0.112. The van der Waals surface area contributed by atoms with Crippen LogP contribution in [0.2, 0.25) is 0 Å². The number of ether oxygens (including phenoxy) is 2. The van der Waals surface area contributed by atoms with Crippen LogP contribution in [0.3, 0.4) is 0 Å². The molecule has 1 aliphatic heterocycles. The zero-order valence-electron chi connectivity index (χ0n) is 19.6. The SMILES string of the molecule is COc1ccc(CCN(C)[C@@H]2CCCN(Cc3ccc(C#CCCO)cc3)C2)cc1OC. The third-order valence-corrected chi connectivity index (χ3v) is 6.13. The van der Waals surface area contributed by atoms with E-state index in [0.717, 1.165) is 49.7 Å². The van der Waals surface area contributed by atoms with E-state index < -0.39 is 0 Å². The Morgan fingerprint density at radius 1 is 1.06 bits per heavy atom. The normalized spacial score (nSPS) is 16.5. The van der Waals surface area contributed by atoms with E-state index in [-0.39, 0.29) is 6.61 Å². The highest BCUT2D eigenvalue weighted by atomic mass is 16.5. The smallest absolute Gasteiger partial charge is 0.160 e. The number of aliphatic hydroxyl groups is 1. The Morgan fingerprint density at radius 3 is 2.53 bits per heavy atom. The van der Waals surface area contributed by atoms with Gasteiger partial charge in [-0.1, -0.05) is 30.0 Å². The Bertz CT molecular complexity index is 901. The number of aliphatic hydroxyl groups excluding tert-OH is 1. The summed E-state index contributed by atoms with van der Waals surface area (Å²) in [6.07, 6.45) is 4.00. The lowest BCUT2D eigenvalue weighted by Crippen LogP contribution is -2.46. The number of likely N-dealkylation sites (N-methyl/N-ethyl adjacent to an activating group) is 1. The van der Waals surface area contributed by atoms with Crippen molar-refractivity contribution >= 4 is 0 Å². The second-order valence-electron chi connectivity index (χ2n) is 8.42. The topological polar surface area (TPSA) is 45.2 Å². The van der Waals surface area contributed by atoms with Crippen LogP contribution in [0.4, 0.5) is 0 Å². The second-order valence-corrected chi connectivity index (χ2v) is 8.42. The Hall–Kier alpha value is -2.52. The van der Waals surface area contributed by atoms with E-state index in [9.17, 15) is 0 Å². The maximum Gasteiger partial charge on any atom is 0.160 e. The number of hydrogen-bond donors (Lipinski definition) is 1. The molecule has 1 saturated heterocycles. The second kappa shape index (κ2) is 12.5. The molecule has 0 radical (unpaired) electrons. The Labute approximate surface area is 192 Å². The summed E-state index contributed by atoms with van der Waals surface area (Å²) in [5.74, 6) is 7.64. The number of piperidine rings is 1. The quantitative estimate of drug-likeness (QED) is 0.609. The van der Waals surface area contributed by atoms with Crippen molar-refractivity contribution < 1.29 is 14.6 Å². The Balaban J connectivity index is 1.50. The van der Waals surface area contributed by atoms with Gasteiger partial charge in [-0.2, -0.15) is 0 Å². The van der Waals surface area contributed by atoms with E-state index in [0.29, 0.717) is 12.5 Å². The van der Waals surface area contributed by atoms with Crippen LogP contribution in [0, 0.1) is 11.8 Å². The minimum atomic E-state index is 0.115. The molecule has 0 spiro atoms. The zero-order valence-corrected chi connectivity index (χ0v) is 19.6. The molecule has 2 aromatic rings. The minimum absolute atomic E-state index is 0.115. The molecule has 1 atom stereocenters. The van der Waals surface area contributed by atoms with E-state index in [1.54, 1.807) is 14.2 Å². The zero-order chi connectivity index (χ0) is 22.8. The van der Waals surface area contributed by atoms with Gasteiger partial charge in [-0.15, -0.1) is 0 Å². The van der Waals surface area contributed by atoms with Crippen LogP contribution in [0.5, 0.6) is 11.5 Å². The van der Waals surface area contributed by atoms with E-state index in [1.807, 2.05) is 6.07 Å². The summed E-state index contributed by atoms with van der Waals surface area (Å²) in [5.41, 5.74) is 3.60. The molecule has 0 amide bonds. The van der Waals surface area contributed by atoms with Crippen molar-refractivity contribution in [2.75, 3.05) is 47.5 Å². The first-order chi connectivity index (χ1) is 15.6. The third kappa shape index (κ3) is 7.00. The van der Waals surface area contributed by atoms with Gasteiger partial charge in [-0.25, -0.2) is 0 Å². The van der Waals surface area contributed by atoms with Crippen LogP contribution in [0.15, 0.2) is 42.5 Å². The summed E-state index contributed by atoms with van der Waals surface area (Å²) in [5, 5.41) is 8.84. The molecule has 3 rings (SSSR count). The van der Waals surface area contributed by atoms with Crippen molar-refractivity contribution in [2.45, 2.75) is 38.3 Å². The van der Waals surface area contributed by atoms with Crippen molar-refractivity contribution in [3.8, 4) is 23.3 Å². The highest BCUT2D eigenvalue weighted by molar-refractivity contribution is 5.43. The Kier molecular flexibility index (Phi) is 9.43. The van der Waals surface area contributed by atoms with Crippen molar-refractivity contribution in [1.29, 1.82) is 0 Å². The van der Waals surface area contributed by atoms with Crippen LogP contribution in [0.25, 0.3) is 0 Å². The van der Waals surface area contributed by atoms with Crippen LogP contribution in [0.1, 0.15) is 36.0 Å². The van der Waals surface area contributed by atoms with Gasteiger partial charge in [-0.3, -0.25) is 4.90 Å². The summed E-state index contributed by atoms with van der Waals surface area (Å²) in [6, 6.07) is 15.3. The van der Waals surface area contributed by atoms with Crippen molar-refractivity contribution in [1.82, 2.24) is 9.80 Å². The molecule has 5 heteroatoms. The third-order valence-electron chi connectivity index (χ3n) is 6.13. The molecule has 1 heterocycles. The number of methoxy groups -OCH3 is 2. The maximum absolute atomic E-state index is 8.84. The Morgan fingerprint density at radius 2 is 1.81 bits per heavy atom.